The normalized spacial score (nSPS) is 10.3. The average Bonchev–Trinajstić information content (AvgIpc) is 2.48. The molecule has 1 heterocycles. The minimum absolute atomic E-state index is 0.503. The van der Waals surface area contributed by atoms with Gasteiger partial charge < -0.3 is 5.11 Å². The Balaban J connectivity index is 3.06. The van der Waals surface area contributed by atoms with Gasteiger partial charge in [0.05, 0.1) is 5.56 Å². The monoisotopic (exact) mass is 198 g/mol. The van der Waals surface area contributed by atoms with Gasteiger partial charge >= 0.3 is 5.97 Å². The molecule has 0 spiro atoms. The van der Waals surface area contributed by atoms with Gasteiger partial charge in [-0.1, -0.05) is 20.3 Å². The molecule has 1 rings (SSSR count). The molecule has 0 aliphatic carbocycles. The lowest BCUT2D eigenvalue weighted by atomic mass is 10.1. The molecule has 1 aromatic heterocycles. The molecule has 0 fully saturated rings. The van der Waals surface area contributed by atoms with E-state index in [4.69, 9.17) is 5.11 Å². The third-order valence-electron chi connectivity index (χ3n) is 2.03. The number of carboxylic acid groups (broad SMARTS) is 1. The minimum atomic E-state index is -0.792. The highest BCUT2D eigenvalue weighted by molar-refractivity contribution is 7.10. The fraction of sp³-hybridized carbons (Fsp3) is 0.500. The van der Waals surface area contributed by atoms with Crippen molar-refractivity contribution in [2.24, 2.45) is 0 Å². The number of carbonyl (C=O) groups is 1. The summed E-state index contributed by atoms with van der Waals surface area (Å²) in [6.07, 6.45) is 2.82. The van der Waals surface area contributed by atoms with Crippen molar-refractivity contribution in [1.29, 1.82) is 0 Å². The quantitative estimate of drug-likeness (QED) is 0.807. The Morgan fingerprint density at radius 3 is 2.69 bits per heavy atom. The largest absolute Gasteiger partial charge is 0.478 e. The van der Waals surface area contributed by atoms with Crippen molar-refractivity contribution in [2.75, 3.05) is 0 Å². The second kappa shape index (κ2) is 4.42. The maximum Gasteiger partial charge on any atom is 0.336 e. The van der Waals surface area contributed by atoms with E-state index in [1.807, 2.05) is 0 Å². The highest BCUT2D eigenvalue weighted by Gasteiger charge is 2.14. The van der Waals surface area contributed by atoms with Crippen LogP contribution in [0.4, 0.5) is 0 Å². The van der Waals surface area contributed by atoms with Crippen molar-refractivity contribution in [3.05, 3.63) is 21.4 Å². The molecule has 0 radical (unpaired) electrons. The van der Waals surface area contributed by atoms with Crippen molar-refractivity contribution in [3.8, 4) is 0 Å². The molecule has 0 amide bonds. The van der Waals surface area contributed by atoms with Gasteiger partial charge in [-0.25, -0.2) is 4.79 Å². The molecule has 1 N–H and O–H groups in total. The summed E-state index contributed by atoms with van der Waals surface area (Å²) >= 11 is 1.56. The van der Waals surface area contributed by atoms with Crippen molar-refractivity contribution in [2.45, 2.75) is 33.1 Å². The number of thiophene rings is 1. The van der Waals surface area contributed by atoms with Crippen LogP contribution in [0.3, 0.4) is 0 Å². The van der Waals surface area contributed by atoms with Crippen LogP contribution in [-0.4, -0.2) is 11.1 Å². The Morgan fingerprint density at radius 2 is 2.23 bits per heavy atom. The summed E-state index contributed by atoms with van der Waals surface area (Å²) in [5.74, 6) is -0.792. The van der Waals surface area contributed by atoms with Crippen molar-refractivity contribution in [3.63, 3.8) is 0 Å². The van der Waals surface area contributed by atoms with E-state index in [0.29, 0.717) is 5.56 Å². The minimum Gasteiger partial charge on any atom is -0.478 e. The van der Waals surface area contributed by atoms with E-state index in [1.54, 1.807) is 16.7 Å². The maximum atomic E-state index is 10.8. The van der Waals surface area contributed by atoms with Crippen LogP contribution in [0.1, 0.15) is 41.1 Å². The van der Waals surface area contributed by atoms with E-state index in [0.717, 1.165) is 24.8 Å². The van der Waals surface area contributed by atoms with Crippen LogP contribution in [0.25, 0.3) is 0 Å². The molecule has 1 aromatic rings. The topological polar surface area (TPSA) is 37.3 Å². The Labute approximate surface area is 82.2 Å². The third-order valence-corrected chi connectivity index (χ3v) is 3.21. The summed E-state index contributed by atoms with van der Waals surface area (Å²) < 4.78 is 0. The van der Waals surface area contributed by atoms with Crippen molar-refractivity contribution in [1.82, 2.24) is 0 Å². The maximum absolute atomic E-state index is 10.8. The fourth-order valence-electron chi connectivity index (χ4n) is 1.42. The summed E-state index contributed by atoms with van der Waals surface area (Å²) in [6.45, 7) is 4.14. The summed E-state index contributed by atoms with van der Waals surface area (Å²) in [4.78, 5) is 12.1. The number of hydrogen-bond acceptors (Lipinski definition) is 2. The molecule has 72 valence electrons. The van der Waals surface area contributed by atoms with Crippen LogP contribution < -0.4 is 0 Å². The fourth-order valence-corrected chi connectivity index (χ4v) is 2.45. The van der Waals surface area contributed by atoms with E-state index in [2.05, 4.69) is 13.8 Å². The van der Waals surface area contributed by atoms with Crippen LogP contribution in [0, 0.1) is 0 Å². The zero-order valence-corrected chi connectivity index (χ0v) is 8.78. The lowest BCUT2D eigenvalue weighted by molar-refractivity contribution is 0.0696. The molecule has 0 aliphatic rings. The van der Waals surface area contributed by atoms with Gasteiger partial charge in [-0.05, 0) is 18.4 Å². The Kier molecular flexibility index (Phi) is 3.48. The Hall–Kier alpha value is -0.830. The average molecular weight is 198 g/mol. The van der Waals surface area contributed by atoms with Crippen LogP contribution in [0.15, 0.2) is 5.38 Å². The summed E-state index contributed by atoms with van der Waals surface area (Å²) in [7, 11) is 0. The van der Waals surface area contributed by atoms with Gasteiger partial charge in [0.25, 0.3) is 0 Å². The highest BCUT2D eigenvalue weighted by Crippen LogP contribution is 2.24. The van der Waals surface area contributed by atoms with E-state index in [1.165, 1.54) is 4.88 Å². The molecule has 0 saturated heterocycles. The van der Waals surface area contributed by atoms with E-state index in [9.17, 15) is 4.79 Å². The SMILES string of the molecule is CCCc1c(C(=O)O)csc1CC. The van der Waals surface area contributed by atoms with Gasteiger partial charge in [0.2, 0.25) is 0 Å². The predicted octanol–water partition coefficient (Wildman–Crippen LogP) is 2.96. The standard InChI is InChI=1S/C10H14O2S/c1-3-5-7-8(10(11)12)6-13-9(7)4-2/h6H,3-5H2,1-2H3,(H,11,12). The first kappa shape index (κ1) is 10.3. The van der Waals surface area contributed by atoms with Crippen LogP contribution in [0.5, 0.6) is 0 Å². The number of aryl methyl sites for hydroxylation is 1. The molecular weight excluding hydrogens is 184 g/mol. The lowest BCUT2D eigenvalue weighted by Crippen LogP contribution is -2.00. The molecule has 0 atom stereocenters. The van der Waals surface area contributed by atoms with Gasteiger partial charge in [-0.15, -0.1) is 11.3 Å². The van der Waals surface area contributed by atoms with Crippen LogP contribution in [-0.2, 0) is 12.8 Å². The van der Waals surface area contributed by atoms with Crippen molar-refractivity contribution < 1.29 is 9.90 Å². The molecule has 0 unspecified atom stereocenters. The number of hydrogen-bond donors (Lipinski definition) is 1. The molecule has 13 heavy (non-hydrogen) atoms. The van der Waals surface area contributed by atoms with Gasteiger partial charge in [0, 0.05) is 10.3 Å². The molecule has 2 nitrogen and oxygen atoms in total. The molecule has 3 heteroatoms. The Morgan fingerprint density at radius 1 is 1.54 bits per heavy atom. The van der Waals surface area contributed by atoms with Gasteiger partial charge in [-0.2, -0.15) is 0 Å². The second-order valence-corrected chi connectivity index (χ2v) is 3.92. The predicted molar refractivity (Wildman–Crippen MR) is 54.7 cm³/mol. The second-order valence-electron chi connectivity index (χ2n) is 2.96. The number of aromatic carboxylic acids is 1. The lowest BCUT2D eigenvalue weighted by Gasteiger charge is -2.00. The van der Waals surface area contributed by atoms with Crippen molar-refractivity contribution >= 4 is 17.3 Å². The van der Waals surface area contributed by atoms with Crippen LogP contribution >= 0.6 is 11.3 Å². The molecule has 0 aromatic carbocycles. The Bertz CT molecular complexity index is 302. The summed E-state index contributed by atoms with van der Waals surface area (Å²) in [5, 5.41) is 10.7. The molecular formula is C10H14O2S. The zero-order chi connectivity index (χ0) is 9.84. The summed E-state index contributed by atoms with van der Waals surface area (Å²) in [6, 6.07) is 0. The van der Waals surface area contributed by atoms with Gasteiger partial charge in [0.15, 0.2) is 0 Å². The van der Waals surface area contributed by atoms with Gasteiger partial charge in [-0.3, -0.25) is 0 Å². The molecule has 0 bridgehead atoms. The zero-order valence-electron chi connectivity index (χ0n) is 7.96. The van der Waals surface area contributed by atoms with Gasteiger partial charge in [0.1, 0.15) is 0 Å². The molecule has 0 aliphatic heterocycles. The van der Waals surface area contributed by atoms with E-state index in [-0.39, 0.29) is 0 Å². The smallest absolute Gasteiger partial charge is 0.336 e. The van der Waals surface area contributed by atoms with Crippen LogP contribution in [0.2, 0.25) is 0 Å². The van der Waals surface area contributed by atoms with E-state index >= 15 is 0 Å². The first-order chi connectivity index (χ1) is 6.20. The third kappa shape index (κ3) is 2.10. The number of carboxylic acids is 1. The number of rotatable bonds is 4. The molecule has 0 saturated carbocycles. The first-order valence-corrected chi connectivity index (χ1v) is 5.41. The summed E-state index contributed by atoms with van der Waals surface area (Å²) in [5.41, 5.74) is 1.55. The first-order valence-electron chi connectivity index (χ1n) is 4.53. The van der Waals surface area contributed by atoms with E-state index < -0.39 is 5.97 Å². The highest BCUT2D eigenvalue weighted by atomic mass is 32.1.